The van der Waals surface area contributed by atoms with Gasteiger partial charge < -0.3 is 10.6 Å². The maximum absolute atomic E-state index is 13.2. The van der Waals surface area contributed by atoms with Crippen molar-refractivity contribution in [3.05, 3.63) is 41.5 Å². The molecule has 24 heavy (non-hydrogen) atoms. The van der Waals surface area contributed by atoms with Crippen LogP contribution in [0, 0.1) is 5.82 Å². The first-order chi connectivity index (χ1) is 11.6. The Balaban J connectivity index is 1.77. The van der Waals surface area contributed by atoms with Gasteiger partial charge >= 0.3 is 0 Å². The van der Waals surface area contributed by atoms with Crippen molar-refractivity contribution in [2.24, 2.45) is 0 Å². The van der Waals surface area contributed by atoms with Crippen molar-refractivity contribution >= 4 is 5.91 Å². The fourth-order valence-corrected chi connectivity index (χ4v) is 3.06. The zero-order valence-corrected chi connectivity index (χ0v) is 13.6. The number of benzene rings is 1. The van der Waals surface area contributed by atoms with Crippen LogP contribution in [-0.4, -0.2) is 39.2 Å². The van der Waals surface area contributed by atoms with E-state index >= 15 is 0 Å². The van der Waals surface area contributed by atoms with Gasteiger partial charge in [0.05, 0.1) is 18.5 Å². The Labute approximate surface area is 139 Å². The molecule has 2 aromatic rings. The highest BCUT2D eigenvalue weighted by Crippen LogP contribution is 2.31. The second-order valence-electron chi connectivity index (χ2n) is 5.95. The molecule has 1 fully saturated rings. The van der Waals surface area contributed by atoms with Crippen molar-refractivity contribution in [1.29, 1.82) is 0 Å². The van der Waals surface area contributed by atoms with Gasteiger partial charge in [0.1, 0.15) is 5.82 Å². The molecule has 1 aromatic heterocycles. The number of halogens is 1. The van der Waals surface area contributed by atoms with Crippen LogP contribution in [0.5, 0.6) is 0 Å². The van der Waals surface area contributed by atoms with E-state index < -0.39 is 5.41 Å². The first-order valence-electron chi connectivity index (χ1n) is 8.16. The van der Waals surface area contributed by atoms with E-state index in [1.165, 1.54) is 16.9 Å². The number of aromatic nitrogens is 4. The molecular weight excluding hydrogens is 311 g/mol. The summed E-state index contributed by atoms with van der Waals surface area (Å²) < 4.78 is 13.2. The summed E-state index contributed by atoms with van der Waals surface area (Å²) >= 11 is 0. The molecule has 1 aliphatic rings. The first-order valence-corrected chi connectivity index (χ1v) is 8.16. The number of carbonyl (C=O) groups excluding carboxylic acids is 1. The van der Waals surface area contributed by atoms with Crippen LogP contribution in [0.3, 0.4) is 0 Å². The number of amides is 1. The van der Waals surface area contributed by atoms with Crippen molar-refractivity contribution < 1.29 is 9.18 Å². The van der Waals surface area contributed by atoms with Crippen LogP contribution in [-0.2, 0) is 23.3 Å². The monoisotopic (exact) mass is 332 g/mol. The fraction of sp³-hybridized carbons (Fsp3) is 0.500. The molecule has 0 aliphatic carbocycles. The molecule has 0 bridgehead atoms. The summed E-state index contributed by atoms with van der Waals surface area (Å²) in [7, 11) is 0. The van der Waals surface area contributed by atoms with Crippen molar-refractivity contribution in [3.8, 4) is 0 Å². The largest absolute Gasteiger partial charge is 0.348 e. The average Bonchev–Trinajstić information content (AvgIpc) is 3.09. The van der Waals surface area contributed by atoms with E-state index in [4.69, 9.17) is 0 Å². The van der Waals surface area contributed by atoms with Crippen molar-refractivity contribution in [1.82, 2.24) is 30.8 Å². The molecular formula is C16H21FN6O. The highest BCUT2D eigenvalue weighted by molar-refractivity contribution is 5.88. The number of nitrogens with zero attached hydrogens (tertiary/aromatic N) is 4. The van der Waals surface area contributed by atoms with Crippen LogP contribution >= 0.6 is 0 Å². The normalized spacial score (nSPS) is 20.8. The number of hydrogen-bond donors (Lipinski definition) is 2. The van der Waals surface area contributed by atoms with Crippen LogP contribution < -0.4 is 10.6 Å². The van der Waals surface area contributed by atoms with E-state index in [2.05, 4.69) is 26.0 Å². The van der Waals surface area contributed by atoms with Crippen LogP contribution in [0.1, 0.15) is 31.2 Å². The molecule has 7 nitrogen and oxygen atoms in total. The molecule has 2 heterocycles. The predicted molar refractivity (Wildman–Crippen MR) is 85.5 cm³/mol. The minimum absolute atomic E-state index is 0.103. The van der Waals surface area contributed by atoms with Gasteiger partial charge in [0.2, 0.25) is 5.91 Å². The summed E-state index contributed by atoms with van der Waals surface area (Å²) in [5.74, 6) is 0.0656. The molecule has 1 aliphatic heterocycles. The number of carbonyl (C=O) groups is 1. The second kappa shape index (κ2) is 7.04. The molecule has 3 rings (SSSR count). The maximum atomic E-state index is 13.2. The zero-order chi connectivity index (χ0) is 17.0. The smallest absolute Gasteiger partial charge is 0.232 e. The second-order valence-corrected chi connectivity index (χ2v) is 5.95. The quantitative estimate of drug-likeness (QED) is 0.845. The lowest BCUT2D eigenvalue weighted by Crippen LogP contribution is -2.53. The van der Waals surface area contributed by atoms with E-state index in [-0.39, 0.29) is 18.3 Å². The lowest BCUT2D eigenvalue weighted by Gasteiger charge is -2.36. The molecule has 0 unspecified atom stereocenters. The number of hydrogen-bond acceptors (Lipinski definition) is 5. The van der Waals surface area contributed by atoms with E-state index in [1.807, 2.05) is 6.92 Å². The number of nitrogens with one attached hydrogen (secondary N) is 2. The summed E-state index contributed by atoms with van der Waals surface area (Å²) in [4.78, 5) is 14.4. The van der Waals surface area contributed by atoms with E-state index in [0.29, 0.717) is 25.3 Å². The Morgan fingerprint density at radius 2 is 2.21 bits per heavy atom. The highest BCUT2D eigenvalue weighted by Gasteiger charge is 2.41. The number of piperidine rings is 1. The first kappa shape index (κ1) is 16.5. The Morgan fingerprint density at radius 1 is 1.42 bits per heavy atom. The molecule has 2 N–H and O–H groups in total. The Morgan fingerprint density at radius 3 is 2.83 bits per heavy atom. The SMILES string of the molecule is CCn1nnc(CNC(=O)[C@]2(c3ccc(F)cc3)CCCNC2)n1. The van der Waals surface area contributed by atoms with Gasteiger partial charge in [-0.2, -0.15) is 4.80 Å². The topological polar surface area (TPSA) is 84.7 Å². The van der Waals surface area contributed by atoms with Crippen LogP contribution in [0.25, 0.3) is 0 Å². The van der Waals surface area contributed by atoms with Gasteiger partial charge in [-0.25, -0.2) is 4.39 Å². The van der Waals surface area contributed by atoms with E-state index in [0.717, 1.165) is 18.5 Å². The number of aryl methyl sites for hydroxylation is 1. The molecule has 8 heteroatoms. The summed E-state index contributed by atoms with van der Waals surface area (Å²) in [5, 5.41) is 18.1. The van der Waals surface area contributed by atoms with Gasteiger partial charge in [0.15, 0.2) is 5.82 Å². The van der Waals surface area contributed by atoms with Crippen molar-refractivity contribution in [2.75, 3.05) is 13.1 Å². The molecule has 0 radical (unpaired) electrons. The molecule has 128 valence electrons. The Kier molecular flexibility index (Phi) is 4.84. The number of rotatable bonds is 5. The maximum Gasteiger partial charge on any atom is 0.232 e. The number of tetrazole rings is 1. The minimum Gasteiger partial charge on any atom is -0.348 e. The van der Waals surface area contributed by atoms with Gasteiger partial charge in [-0.3, -0.25) is 4.79 Å². The summed E-state index contributed by atoms with van der Waals surface area (Å²) in [5.41, 5.74) is 0.117. The third-order valence-electron chi connectivity index (χ3n) is 4.40. The fourth-order valence-electron chi connectivity index (χ4n) is 3.06. The van der Waals surface area contributed by atoms with Gasteiger partial charge in [0.25, 0.3) is 0 Å². The molecule has 0 spiro atoms. The molecule has 1 amide bonds. The standard InChI is InChI=1S/C16H21FN6O/c1-2-23-21-14(20-22-23)10-19-15(24)16(8-3-9-18-11-16)12-4-6-13(17)7-5-12/h4-7,18H,2-3,8-11H2,1H3,(H,19,24)/t16-/m1/s1. The van der Waals surface area contributed by atoms with E-state index in [1.54, 1.807) is 12.1 Å². The third-order valence-corrected chi connectivity index (χ3v) is 4.40. The van der Waals surface area contributed by atoms with Crippen LogP contribution in [0.2, 0.25) is 0 Å². The van der Waals surface area contributed by atoms with Gasteiger partial charge in [-0.05, 0) is 49.2 Å². The third kappa shape index (κ3) is 3.28. The molecule has 1 aromatic carbocycles. The molecule has 1 atom stereocenters. The predicted octanol–water partition coefficient (Wildman–Crippen LogP) is 0.770. The Bertz CT molecular complexity index is 693. The van der Waals surface area contributed by atoms with Gasteiger partial charge in [-0.1, -0.05) is 12.1 Å². The van der Waals surface area contributed by atoms with Crippen molar-refractivity contribution in [3.63, 3.8) is 0 Å². The lowest BCUT2D eigenvalue weighted by molar-refractivity contribution is -0.127. The Hall–Kier alpha value is -2.35. The summed E-state index contributed by atoms with van der Waals surface area (Å²) in [6.07, 6.45) is 1.60. The van der Waals surface area contributed by atoms with Crippen LogP contribution in [0.4, 0.5) is 4.39 Å². The minimum atomic E-state index is -0.702. The summed E-state index contributed by atoms with van der Waals surface area (Å²) in [6, 6.07) is 6.17. The van der Waals surface area contributed by atoms with E-state index in [9.17, 15) is 9.18 Å². The molecule has 0 saturated carbocycles. The lowest BCUT2D eigenvalue weighted by atomic mass is 9.74. The van der Waals surface area contributed by atoms with Crippen molar-refractivity contribution in [2.45, 2.75) is 38.3 Å². The average molecular weight is 332 g/mol. The van der Waals surface area contributed by atoms with Gasteiger partial charge in [-0.15, -0.1) is 10.2 Å². The zero-order valence-electron chi connectivity index (χ0n) is 13.6. The van der Waals surface area contributed by atoms with Crippen LogP contribution in [0.15, 0.2) is 24.3 Å². The summed E-state index contributed by atoms with van der Waals surface area (Å²) in [6.45, 7) is 4.18. The molecule has 1 saturated heterocycles. The highest BCUT2D eigenvalue weighted by atomic mass is 19.1. The van der Waals surface area contributed by atoms with Gasteiger partial charge in [0, 0.05) is 6.54 Å².